The Labute approximate surface area is 277 Å². The van der Waals surface area contributed by atoms with Gasteiger partial charge in [0.25, 0.3) is 0 Å². The molecule has 0 unspecified atom stereocenters. The molecule has 0 saturated heterocycles. The van der Waals surface area contributed by atoms with Crippen LogP contribution in [-0.2, 0) is 30.3 Å². The summed E-state index contributed by atoms with van der Waals surface area (Å²) in [4.78, 5) is 51.6. The van der Waals surface area contributed by atoms with E-state index < -0.39 is 48.2 Å². The zero-order valence-corrected chi connectivity index (χ0v) is 26.5. The van der Waals surface area contributed by atoms with Gasteiger partial charge in [-0.05, 0) is 37.5 Å². The van der Waals surface area contributed by atoms with Crippen molar-refractivity contribution in [1.82, 2.24) is 20.2 Å². The Morgan fingerprint density at radius 2 is 1.65 bits per heavy atom. The number of hydrogen-bond acceptors (Lipinski definition) is 10. The van der Waals surface area contributed by atoms with Gasteiger partial charge in [0.2, 0.25) is 5.91 Å². The second kappa shape index (κ2) is 15.7. The molecule has 1 aromatic carbocycles. The minimum atomic E-state index is -5.08. The molecule has 3 aromatic heterocycles. The van der Waals surface area contributed by atoms with Gasteiger partial charge >= 0.3 is 30.3 Å². The average molecular weight is 746 g/mol. The van der Waals surface area contributed by atoms with E-state index in [1.54, 1.807) is 25.3 Å². The molecule has 0 spiro atoms. The monoisotopic (exact) mass is 745 g/mol. The molecule has 3 heterocycles. The normalized spacial score (nSPS) is 15.5. The van der Waals surface area contributed by atoms with Crippen molar-refractivity contribution in [3.05, 3.63) is 29.7 Å². The third-order valence-electron chi connectivity index (χ3n) is 6.17. The fourth-order valence-electron chi connectivity index (χ4n) is 3.90. The smallest absolute Gasteiger partial charge is 0.475 e. The summed E-state index contributed by atoms with van der Waals surface area (Å²) in [5.41, 5.74) is 2.65. The van der Waals surface area contributed by atoms with Crippen molar-refractivity contribution in [2.45, 2.75) is 50.1 Å². The minimum absolute atomic E-state index is 0.0229. The molecule has 1 amide bonds. The summed E-state index contributed by atoms with van der Waals surface area (Å²) in [6, 6.07) is 3.50. The predicted octanol–water partition coefficient (Wildman–Crippen LogP) is 6.15. The van der Waals surface area contributed by atoms with Crippen LogP contribution in [0.3, 0.4) is 0 Å². The zero-order chi connectivity index (χ0) is 36.8. The number of H-pyrrole nitrogens is 1. The molecular formula is C27H23F8N5O7S2. The fourth-order valence-corrected chi connectivity index (χ4v) is 5.64. The molecule has 4 N–H and O–H groups in total. The molecule has 49 heavy (non-hydrogen) atoms. The second-order valence-corrected chi connectivity index (χ2v) is 11.6. The number of fused-ring (bicyclic) bond motifs is 2. The highest BCUT2D eigenvalue weighted by Crippen LogP contribution is 2.41. The van der Waals surface area contributed by atoms with E-state index in [2.05, 4.69) is 20.5 Å². The number of rotatable bonds is 8. The maximum absolute atomic E-state index is 15.7. The largest absolute Gasteiger partial charge is 0.490 e. The number of benzene rings is 1. The van der Waals surface area contributed by atoms with Crippen LogP contribution in [0.2, 0.25) is 0 Å². The van der Waals surface area contributed by atoms with E-state index >= 15 is 4.39 Å². The Bertz CT molecular complexity index is 1840. The lowest BCUT2D eigenvalue weighted by molar-refractivity contribution is -0.193. The maximum atomic E-state index is 15.7. The molecule has 22 heteroatoms. The summed E-state index contributed by atoms with van der Waals surface area (Å²) in [5, 5.41) is 24.9. The van der Waals surface area contributed by atoms with Crippen molar-refractivity contribution < 1.29 is 69.3 Å². The number of aliphatic carboxylic acids is 2. The minimum Gasteiger partial charge on any atom is -0.475 e. The van der Waals surface area contributed by atoms with Crippen LogP contribution in [0.4, 0.5) is 40.3 Å². The number of halogens is 8. The van der Waals surface area contributed by atoms with Gasteiger partial charge in [-0.3, -0.25) is 14.7 Å². The first-order chi connectivity index (χ1) is 22.8. The predicted molar refractivity (Wildman–Crippen MR) is 158 cm³/mol. The van der Waals surface area contributed by atoms with Crippen molar-refractivity contribution in [1.29, 1.82) is 0 Å². The maximum Gasteiger partial charge on any atom is 0.490 e. The number of hydrogen-bond donors (Lipinski definition) is 4. The fraction of sp³-hybridized carbons (Fsp3) is 0.370. The van der Waals surface area contributed by atoms with E-state index in [1.165, 1.54) is 11.3 Å². The summed E-state index contributed by atoms with van der Waals surface area (Å²) >= 11 is 2.24. The van der Waals surface area contributed by atoms with Gasteiger partial charge in [0, 0.05) is 10.9 Å². The molecule has 0 radical (unpaired) electrons. The van der Waals surface area contributed by atoms with Gasteiger partial charge in [-0.25, -0.2) is 28.3 Å². The summed E-state index contributed by atoms with van der Waals surface area (Å²) in [7, 11) is 0. The molecule has 0 aliphatic heterocycles. The number of esters is 1. The standard InChI is InChI=1S/C23H21F2N5O3S2.2C2HF3O2/c1-3-10-17(12-8-26-30-19(12)20(18(10)25)34-9-16(31)33-4-2)14-5-6-15-22(27-14)35-23(28-15)29-21(32)11-7-13(11)24;2*3-2(4,5)1(6)7/h5-6,8,11,13H,3-4,7,9H2,1-2H3,(H,26,30)(H,28,29,32);2*(H,6,7)/t11-,13+;;/m1../s1. The van der Waals surface area contributed by atoms with Crippen molar-refractivity contribution in [3.8, 4) is 11.3 Å². The van der Waals surface area contributed by atoms with Gasteiger partial charge in [-0.15, -0.1) is 11.8 Å². The number of carboxylic acids is 2. The molecule has 2 atom stereocenters. The summed E-state index contributed by atoms with van der Waals surface area (Å²) in [5.74, 6) is -7.39. The molecule has 4 aromatic rings. The number of thioether (sulfide) groups is 1. The highest BCUT2D eigenvalue weighted by molar-refractivity contribution is 8.00. The Hall–Kier alpha value is -4.60. The molecule has 0 bridgehead atoms. The Morgan fingerprint density at radius 3 is 2.16 bits per heavy atom. The van der Waals surface area contributed by atoms with Gasteiger partial charge in [0.05, 0.1) is 40.6 Å². The van der Waals surface area contributed by atoms with E-state index in [1.807, 2.05) is 6.92 Å². The molecule has 5 rings (SSSR count). The molecule has 1 fully saturated rings. The molecule has 1 saturated carbocycles. The van der Waals surface area contributed by atoms with Crippen LogP contribution in [0, 0.1) is 11.7 Å². The van der Waals surface area contributed by atoms with Crippen LogP contribution in [0.5, 0.6) is 0 Å². The van der Waals surface area contributed by atoms with Crippen LogP contribution in [-0.4, -0.2) is 85.1 Å². The van der Waals surface area contributed by atoms with Crippen molar-refractivity contribution in [2.24, 2.45) is 5.92 Å². The number of aromatic nitrogens is 4. The van der Waals surface area contributed by atoms with Crippen LogP contribution >= 0.6 is 23.1 Å². The third kappa shape index (κ3) is 9.96. The topological polar surface area (TPSA) is 184 Å². The molecule has 1 aliphatic carbocycles. The molecule has 1 aliphatic rings. The number of nitrogens with one attached hydrogen (secondary N) is 2. The van der Waals surface area contributed by atoms with Gasteiger partial charge in [0.1, 0.15) is 22.3 Å². The Morgan fingerprint density at radius 1 is 1.06 bits per heavy atom. The Balaban J connectivity index is 0.000000392. The lowest BCUT2D eigenvalue weighted by Gasteiger charge is -2.14. The third-order valence-corrected chi connectivity index (χ3v) is 8.10. The lowest BCUT2D eigenvalue weighted by Crippen LogP contribution is -2.21. The van der Waals surface area contributed by atoms with Crippen molar-refractivity contribution >= 4 is 73.3 Å². The number of pyridine rings is 1. The molecule has 266 valence electrons. The van der Waals surface area contributed by atoms with Gasteiger partial charge in [-0.1, -0.05) is 18.3 Å². The van der Waals surface area contributed by atoms with E-state index in [9.17, 15) is 40.3 Å². The zero-order valence-electron chi connectivity index (χ0n) is 24.8. The first-order valence-electron chi connectivity index (χ1n) is 13.6. The number of ether oxygens (including phenoxy) is 1. The first-order valence-corrected chi connectivity index (χ1v) is 15.4. The number of carbonyl (C=O) groups excluding carboxylic acids is 2. The van der Waals surface area contributed by atoms with E-state index in [4.69, 9.17) is 29.5 Å². The second-order valence-electron chi connectivity index (χ2n) is 9.60. The molecule has 12 nitrogen and oxygen atoms in total. The quantitative estimate of drug-likeness (QED) is 0.0921. The highest BCUT2D eigenvalue weighted by Gasteiger charge is 2.44. The van der Waals surface area contributed by atoms with Crippen LogP contribution in [0.15, 0.2) is 23.2 Å². The van der Waals surface area contributed by atoms with Crippen molar-refractivity contribution in [2.75, 3.05) is 17.7 Å². The van der Waals surface area contributed by atoms with E-state index in [0.717, 1.165) is 11.8 Å². The van der Waals surface area contributed by atoms with E-state index in [0.29, 0.717) is 54.5 Å². The van der Waals surface area contributed by atoms with E-state index in [-0.39, 0.29) is 24.7 Å². The number of nitrogens with zero attached hydrogens (tertiary/aromatic N) is 3. The SMILES string of the molecule is CCOC(=O)CSc1c(F)c(CC)c(-c2ccc3nc(NC(=O)[C@@H]4C[C@@H]4F)sc3n2)c2cn[nH]c12.O=C(O)C(F)(F)F.O=C(O)C(F)(F)F. The summed E-state index contributed by atoms with van der Waals surface area (Å²) < 4.78 is 97.3. The number of carbonyl (C=O) groups is 4. The number of amides is 1. The van der Waals surface area contributed by atoms with Gasteiger partial charge < -0.3 is 20.3 Å². The number of anilines is 1. The first kappa shape index (κ1) is 38.8. The van der Waals surface area contributed by atoms with Crippen LogP contribution in [0.1, 0.15) is 25.8 Å². The number of alkyl halides is 7. The van der Waals surface area contributed by atoms with Crippen LogP contribution < -0.4 is 5.32 Å². The number of carboxylic acid groups (broad SMARTS) is 2. The Kier molecular flexibility index (Phi) is 12.5. The van der Waals surface area contributed by atoms with Crippen LogP contribution in [0.25, 0.3) is 32.5 Å². The number of thiazole rings is 1. The summed E-state index contributed by atoms with van der Waals surface area (Å²) in [6.07, 6.45) is -9.01. The van der Waals surface area contributed by atoms with Gasteiger partial charge in [0.15, 0.2) is 5.13 Å². The summed E-state index contributed by atoms with van der Waals surface area (Å²) in [6.45, 7) is 3.83. The highest BCUT2D eigenvalue weighted by atomic mass is 32.2. The molecular weight excluding hydrogens is 722 g/mol. The number of aromatic amines is 1. The van der Waals surface area contributed by atoms with Gasteiger partial charge in [-0.2, -0.15) is 31.4 Å². The average Bonchev–Trinajstić information content (AvgIpc) is 3.35. The lowest BCUT2D eigenvalue weighted by atomic mass is 9.97. The van der Waals surface area contributed by atoms with Crippen molar-refractivity contribution in [3.63, 3.8) is 0 Å².